The van der Waals surface area contributed by atoms with Crippen molar-refractivity contribution in [1.82, 2.24) is 24.5 Å². The summed E-state index contributed by atoms with van der Waals surface area (Å²) in [5.41, 5.74) is 4.43. The molecule has 25 heavy (non-hydrogen) atoms. The minimum absolute atomic E-state index is 0.0777. The maximum atomic E-state index is 4.38. The van der Waals surface area contributed by atoms with Crippen LogP contribution in [0.25, 0.3) is 11.0 Å². The van der Waals surface area contributed by atoms with E-state index in [0.29, 0.717) is 0 Å². The molecule has 4 aromatic rings. The van der Waals surface area contributed by atoms with Crippen LogP contribution < -0.4 is 0 Å². The van der Waals surface area contributed by atoms with Crippen molar-refractivity contribution in [2.24, 2.45) is 0 Å². The number of nitrogens with zero attached hydrogens (tertiary/aromatic N) is 5. The highest BCUT2D eigenvalue weighted by atomic mass is 15.4. The van der Waals surface area contributed by atoms with Crippen LogP contribution >= 0.6 is 0 Å². The molecule has 4 rings (SSSR count). The molecule has 0 aliphatic rings. The first-order chi connectivity index (χ1) is 12.4. The Labute approximate surface area is 146 Å². The number of aromatic nitrogens is 5. The van der Waals surface area contributed by atoms with E-state index >= 15 is 0 Å². The largest absolute Gasteiger partial charge is 0.326 e. The summed E-state index contributed by atoms with van der Waals surface area (Å²) in [4.78, 5) is 4.23. The zero-order chi connectivity index (χ0) is 17.1. The van der Waals surface area contributed by atoms with Crippen LogP contribution in [0.3, 0.4) is 0 Å². The minimum atomic E-state index is 0.0777. The van der Waals surface area contributed by atoms with Crippen LogP contribution in [0.5, 0.6) is 0 Å². The van der Waals surface area contributed by atoms with Crippen LogP contribution in [-0.2, 0) is 6.54 Å². The lowest BCUT2D eigenvalue weighted by Crippen LogP contribution is -2.10. The van der Waals surface area contributed by atoms with Gasteiger partial charge in [0.15, 0.2) is 0 Å². The highest BCUT2D eigenvalue weighted by Gasteiger charge is 2.17. The minimum Gasteiger partial charge on any atom is -0.326 e. The molecule has 0 radical (unpaired) electrons. The third-order valence-corrected chi connectivity index (χ3v) is 4.52. The molecule has 0 saturated carbocycles. The fourth-order valence-electron chi connectivity index (χ4n) is 3.23. The molecule has 126 valence electrons. The molecule has 0 spiro atoms. The fraction of sp³-hybridized carbons (Fsp3) is 0.250. The second kappa shape index (κ2) is 6.89. The van der Waals surface area contributed by atoms with E-state index in [0.717, 1.165) is 30.4 Å². The molecular formula is C20H21N5. The maximum absolute atomic E-state index is 4.38. The van der Waals surface area contributed by atoms with E-state index in [-0.39, 0.29) is 6.04 Å². The van der Waals surface area contributed by atoms with Crippen molar-refractivity contribution >= 4 is 11.0 Å². The van der Waals surface area contributed by atoms with Gasteiger partial charge in [-0.05, 0) is 29.7 Å². The van der Waals surface area contributed by atoms with Crippen molar-refractivity contribution in [3.05, 3.63) is 78.4 Å². The predicted molar refractivity (Wildman–Crippen MR) is 98.3 cm³/mol. The Kier molecular flexibility index (Phi) is 4.29. The highest BCUT2D eigenvalue weighted by molar-refractivity contribution is 5.75. The van der Waals surface area contributed by atoms with Crippen molar-refractivity contribution in [2.45, 2.75) is 32.4 Å². The molecule has 2 aromatic heterocycles. The van der Waals surface area contributed by atoms with Gasteiger partial charge in [0.1, 0.15) is 5.52 Å². The number of aryl methyl sites for hydroxylation is 1. The first-order valence-electron chi connectivity index (χ1n) is 8.72. The van der Waals surface area contributed by atoms with Crippen LogP contribution in [0.15, 0.2) is 67.3 Å². The number of hydrogen-bond donors (Lipinski definition) is 0. The number of fused-ring (bicyclic) bond motifs is 1. The Bertz CT molecular complexity index is 941. The quantitative estimate of drug-likeness (QED) is 0.535. The van der Waals surface area contributed by atoms with E-state index in [1.165, 1.54) is 11.1 Å². The molecule has 0 aliphatic heterocycles. The number of benzene rings is 2. The van der Waals surface area contributed by atoms with E-state index in [1.54, 1.807) is 0 Å². The van der Waals surface area contributed by atoms with Crippen molar-refractivity contribution < 1.29 is 0 Å². The van der Waals surface area contributed by atoms with Gasteiger partial charge in [0.2, 0.25) is 0 Å². The number of unbranched alkanes of at least 4 members (excludes halogenated alkanes) is 1. The second-order valence-corrected chi connectivity index (χ2v) is 6.24. The van der Waals surface area contributed by atoms with Gasteiger partial charge in [-0.3, -0.25) is 0 Å². The van der Waals surface area contributed by atoms with Gasteiger partial charge in [0.05, 0.1) is 17.9 Å². The standard InChI is InChI=1S/C20H21N5/c1-2-3-12-25-19-10-9-17(14-18(19)22-23-25)20(24-13-11-21-15-24)16-7-5-4-6-8-16/h4-11,13-15,20H,2-3,12H2,1H3. The molecule has 0 N–H and O–H groups in total. The van der Waals surface area contributed by atoms with Crippen molar-refractivity contribution in [3.63, 3.8) is 0 Å². The van der Waals surface area contributed by atoms with Crippen molar-refractivity contribution in [1.29, 1.82) is 0 Å². The molecule has 2 heterocycles. The van der Waals surface area contributed by atoms with Gasteiger partial charge < -0.3 is 4.57 Å². The van der Waals surface area contributed by atoms with Crippen LogP contribution in [0.2, 0.25) is 0 Å². The topological polar surface area (TPSA) is 48.5 Å². The van der Waals surface area contributed by atoms with E-state index in [1.807, 2.05) is 29.5 Å². The molecule has 1 atom stereocenters. The van der Waals surface area contributed by atoms with Gasteiger partial charge in [0, 0.05) is 18.9 Å². The summed E-state index contributed by atoms with van der Waals surface area (Å²) in [7, 11) is 0. The Hall–Kier alpha value is -2.95. The van der Waals surface area contributed by atoms with E-state index in [9.17, 15) is 0 Å². The van der Waals surface area contributed by atoms with Gasteiger partial charge in [-0.25, -0.2) is 9.67 Å². The summed E-state index contributed by atoms with van der Waals surface area (Å²) in [5, 5.41) is 8.69. The summed E-state index contributed by atoms with van der Waals surface area (Å²) < 4.78 is 4.12. The van der Waals surface area contributed by atoms with E-state index < -0.39 is 0 Å². The first kappa shape index (κ1) is 15.6. The third-order valence-electron chi connectivity index (χ3n) is 4.52. The Morgan fingerprint density at radius 1 is 1.04 bits per heavy atom. The zero-order valence-electron chi connectivity index (χ0n) is 14.3. The van der Waals surface area contributed by atoms with Crippen LogP contribution in [-0.4, -0.2) is 24.5 Å². The lowest BCUT2D eigenvalue weighted by molar-refractivity contribution is 0.567. The predicted octanol–water partition coefficient (Wildman–Crippen LogP) is 4.07. The Balaban J connectivity index is 1.77. The van der Waals surface area contributed by atoms with Crippen LogP contribution in [0.1, 0.15) is 36.9 Å². The number of hydrogen-bond acceptors (Lipinski definition) is 3. The highest BCUT2D eigenvalue weighted by Crippen LogP contribution is 2.28. The summed E-state index contributed by atoms with van der Waals surface area (Å²) in [6.45, 7) is 3.10. The summed E-state index contributed by atoms with van der Waals surface area (Å²) in [6.07, 6.45) is 7.94. The van der Waals surface area contributed by atoms with E-state index in [4.69, 9.17) is 0 Å². The molecule has 0 saturated heterocycles. The van der Waals surface area contributed by atoms with Crippen LogP contribution in [0.4, 0.5) is 0 Å². The van der Waals surface area contributed by atoms with Gasteiger partial charge in [-0.2, -0.15) is 0 Å². The molecule has 5 heteroatoms. The van der Waals surface area contributed by atoms with Crippen molar-refractivity contribution in [3.8, 4) is 0 Å². The average molecular weight is 331 g/mol. The molecule has 0 amide bonds. The molecule has 1 unspecified atom stereocenters. The summed E-state index contributed by atoms with van der Waals surface area (Å²) >= 11 is 0. The molecule has 5 nitrogen and oxygen atoms in total. The molecule has 0 bridgehead atoms. The monoisotopic (exact) mass is 331 g/mol. The van der Waals surface area contributed by atoms with Gasteiger partial charge in [-0.1, -0.05) is 55.0 Å². The molecule has 0 fully saturated rings. The van der Waals surface area contributed by atoms with Gasteiger partial charge in [-0.15, -0.1) is 5.10 Å². The third kappa shape index (κ3) is 3.05. The average Bonchev–Trinajstić information content (AvgIpc) is 3.31. The SMILES string of the molecule is CCCCn1nnc2cc(C(c3ccccc3)n3ccnc3)ccc21. The van der Waals surface area contributed by atoms with Crippen molar-refractivity contribution in [2.75, 3.05) is 0 Å². The maximum Gasteiger partial charge on any atom is 0.113 e. The normalized spacial score (nSPS) is 12.5. The lowest BCUT2D eigenvalue weighted by Gasteiger charge is -2.19. The smallest absolute Gasteiger partial charge is 0.113 e. The Morgan fingerprint density at radius 2 is 1.92 bits per heavy atom. The summed E-state index contributed by atoms with van der Waals surface area (Å²) in [6, 6.07) is 17.0. The zero-order valence-corrected chi connectivity index (χ0v) is 14.3. The molecule has 2 aromatic carbocycles. The first-order valence-corrected chi connectivity index (χ1v) is 8.72. The lowest BCUT2D eigenvalue weighted by atomic mass is 9.98. The number of rotatable bonds is 6. The summed E-state index contributed by atoms with van der Waals surface area (Å²) in [5.74, 6) is 0. The fourth-order valence-corrected chi connectivity index (χ4v) is 3.23. The Morgan fingerprint density at radius 3 is 2.68 bits per heavy atom. The number of imidazole rings is 1. The van der Waals surface area contributed by atoms with Gasteiger partial charge in [0.25, 0.3) is 0 Å². The molecule has 0 aliphatic carbocycles. The van der Waals surface area contributed by atoms with Crippen LogP contribution in [0, 0.1) is 0 Å². The van der Waals surface area contributed by atoms with E-state index in [2.05, 4.69) is 69.3 Å². The van der Waals surface area contributed by atoms with Gasteiger partial charge >= 0.3 is 0 Å². The molecular weight excluding hydrogens is 310 g/mol. The second-order valence-electron chi connectivity index (χ2n) is 6.24.